The average molecular weight is 577 g/mol. The van der Waals surface area contributed by atoms with E-state index in [0.717, 1.165) is 45.3 Å². The molecule has 0 atom stereocenters. The zero-order chi connectivity index (χ0) is 28.4. The van der Waals surface area contributed by atoms with Gasteiger partial charge in [0.15, 0.2) is 0 Å². The lowest BCUT2D eigenvalue weighted by Crippen LogP contribution is -2.25. The lowest BCUT2D eigenvalue weighted by molar-refractivity contribution is 0.152. The highest BCUT2D eigenvalue weighted by Gasteiger charge is 2.06. The molecule has 0 radical (unpaired) electrons. The van der Waals surface area contributed by atoms with Gasteiger partial charge < -0.3 is 20.1 Å². The number of benzene rings is 3. The Morgan fingerprint density at radius 2 is 1.07 bits per heavy atom. The van der Waals surface area contributed by atoms with Crippen LogP contribution in [0.25, 0.3) is 12.2 Å². The average Bonchev–Trinajstić information content (AvgIpc) is 2.99. The number of nitrogens with one attached hydrogen (secondary N) is 2. The van der Waals surface area contributed by atoms with E-state index < -0.39 is 12.2 Å². The van der Waals surface area contributed by atoms with E-state index in [1.54, 1.807) is 23.5 Å². The number of thioether (sulfide) groups is 2. The highest BCUT2D eigenvalue weighted by molar-refractivity contribution is 7.98. The van der Waals surface area contributed by atoms with E-state index in [2.05, 4.69) is 48.1 Å². The van der Waals surface area contributed by atoms with Crippen molar-refractivity contribution in [1.82, 2.24) is 10.6 Å². The third kappa shape index (κ3) is 12.1. The van der Waals surface area contributed by atoms with E-state index in [0.29, 0.717) is 26.3 Å². The predicted octanol–water partition coefficient (Wildman–Crippen LogP) is 7.29. The van der Waals surface area contributed by atoms with Crippen LogP contribution >= 0.6 is 23.5 Å². The Morgan fingerprint density at radius 3 is 1.48 bits per heavy atom. The zero-order valence-corrected chi connectivity index (χ0v) is 24.2. The van der Waals surface area contributed by atoms with E-state index in [4.69, 9.17) is 9.47 Å². The van der Waals surface area contributed by atoms with E-state index in [1.165, 1.54) is 11.1 Å². The van der Waals surface area contributed by atoms with E-state index >= 15 is 0 Å². The highest BCUT2D eigenvalue weighted by atomic mass is 32.2. The van der Waals surface area contributed by atoms with Crippen molar-refractivity contribution >= 4 is 47.9 Å². The SMILES string of the molecule is C=Cc1ccc(CSCCOC(=O)NCc2cccc(CNC(=O)OCCSCc3ccc(C=C)cc3)c2)cc1. The van der Waals surface area contributed by atoms with Gasteiger partial charge in [-0.1, -0.05) is 98.1 Å². The Balaban J connectivity index is 1.23. The van der Waals surface area contributed by atoms with Crippen molar-refractivity contribution in [2.45, 2.75) is 24.6 Å². The summed E-state index contributed by atoms with van der Waals surface area (Å²) in [6.07, 6.45) is 2.74. The van der Waals surface area contributed by atoms with Crippen LogP contribution in [0, 0.1) is 0 Å². The minimum atomic E-state index is -0.449. The molecule has 40 heavy (non-hydrogen) atoms. The molecule has 0 aromatic heterocycles. The first kappa shape index (κ1) is 30.9. The van der Waals surface area contributed by atoms with Crippen molar-refractivity contribution in [3.8, 4) is 0 Å². The molecule has 8 heteroatoms. The molecule has 210 valence electrons. The molecular formula is C32H36N2O4S2. The molecule has 3 rings (SSSR count). The highest BCUT2D eigenvalue weighted by Crippen LogP contribution is 2.15. The summed E-state index contributed by atoms with van der Waals surface area (Å²) < 4.78 is 10.5. The Labute approximate surface area is 245 Å². The fourth-order valence-electron chi connectivity index (χ4n) is 3.57. The van der Waals surface area contributed by atoms with Crippen LogP contribution in [0.15, 0.2) is 86.0 Å². The van der Waals surface area contributed by atoms with Gasteiger partial charge in [-0.2, -0.15) is 23.5 Å². The van der Waals surface area contributed by atoms with Crippen LogP contribution in [0.3, 0.4) is 0 Å². The first-order valence-corrected chi connectivity index (χ1v) is 15.3. The molecule has 0 heterocycles. The fourth-order valence-corrected chi connectivity index (χ4v) is 5.11. The molecule has 2 amide bonds. The fraction of sp³-hybridized carbons (Fsp3) is 0.250. The smallest absolute Gasteiger partial charge is 0.407 e. The van der Waals surface area contributed by atoms with Crippen LogP contribution in [0.5, 0.6) is 0 Å². The third-order valence-corrected chi connectivity index (χ3v) is 7.74. The second-order valence-corrected chi connectivity index (χ2v) is 11.0. The first-order valence-electron chi connectivity index (χ1n) is 13.0. The minimum absolute atomic E-state index is 0.341. The van der Waals surface area contributed by atoms with Crippen molar-refractivity contribution in [1.29, 1.82) is 0 Å². The summed E-state index contributed by atoms with van der Waals surface area (Å²) >= 11 is 3.43. The molecule has 0 fully saturated rings. The normalized spacial score (nSPS) is 10.4. The lowest BCUT2D eigenvalue weighted by Gasteiger charge is -2.10. The van der Waals surface area contributed by atoms with E-state index in [9.17, 15) is 9.59 Å². The molecule has 0 spiro atoms. The lowest BCUT2D eigenvalue weighted by atomic mass is 10.1. The monoisotopic (exact) mass is 576 g/mol. The van der Waals surface area contributed by atoms with Gasteiger partial charge in [-0.15, -0.1) is 0 Å². The minimum Gasteiger partial charge on any atom is -0.449 e. The standard InChI is InChI=1S/C32H36N2O4S2/c1-3-25-8-12-27(13-9-25)23-39-18-16-37-31(35)33-21-29-6-5-7-30(20-29)22-34-32(36)38-17-19-40-24-28-14-10-26(4-2)11-15-28/h3-15,20H,1-2,16-19,21-24H2,(H,33,35)(H,34,36). The largest absolute Gasteiger partial charge is 0.449 e. The van der Waals surface area contributed by atoms with E-state index in [1.807, 2.05) is 60.7 Å². The second-order valence-electron chi connectivity index (χ2n) is 8.80. The molecule has 0 aliphatic heterocycles. The molecule has 2 N–H and O–H groups in total. The molecule has 0 aliphatic carbocycles. The molecule has 0 unspecified atom stereocenters. The number of rotatable bonds is 16. The maximum atomic E-state index is 12.0. The summed E-state index contributed by atoms with van der Waals surface area (Å²) in [5.74, 6) is 3.16. The van der Waals surface area contributed by atoms with Crippen molar-refractivity contribution < 1.29 is 19.1 Å². The Kier molecular flexibility index (Phi) is 13.8. The zero-order valence-electron chi connectivity index (χ0n) is 22.6. The molecule has 0 bridgehead atoms. The van der Waals surface area contributed by atoms with Gasteiger partial charge in [0.2, 0.25) is 0 Å². The van der Waals surface area contributed by atoms with Crippen LogP contribution in [-0.4, -0.2) is 36.9 Å². The topological polar surface area (TPSA) is 76.7 Å². The number of carbonyl (C=O) groups is 2. The number of alkyl carbamates (subject to hydrolysis) is 2. The quantitative estimate of drug-likeness (QED) is 0.174. The molecule has 6 nitrogen and oxygen atoms in total. The second kappa shape index (κ2) is 17.9. The maximum absolute atomic E-state index is 12.0. The Morgan fingerprint density at radius 1 is 0.650 bits per heavy atom. The van der Waals surface area contributed by atoms with Gasteiger partial charge in [0.1, 0.15) is 13.2 Å². The summed E-state index contributed by atoms with van der Waals surface area (Å²) in [7, 11) is 0. The summed E-state index contributed by atoms with van der Waals surface area (Å²) in [6, 6.07) is 24.1. The molecule has 0 saturated heterocycles. The number of hydrogen-bond acceptors (Lipinski definition) is 6. The summed E-state index contributed by atoms with van der Waals surface area (Å²) in [6.45, 7) is 8.88. The summed E-state index contributed by atoms with van der Waals surface area (Å²) in [5, 5.41) is 5.54. The number of ether oxygens (including phenoxy) is 2. The van der Waals surface area contributed by atoms with Gasteiger partial charge in [-0.05, 0) is 33.4 Å². The molecule has 3 aromatic carbocycles. The Bertz CT molecular complexity index is 1140. The van der Waals surface area contributed by atoms with Gasteiger partial charge in [0.05, 0.1) is 0 Å². The van der Waals surface area contributed by atoms with E-state index in [-0.39, 0.29) is 0 Å². The predicted molar refractivity (Wildman–Crippen MR) is 168 cm³/mol. The van der Waals surface area contributed by atoms with Crippen LogP contribution < -0.4 is 10.6 Å². The van der Waals surface area contributed by atoms with Gasteiger partial charge in [0.25, 0.3) is 0 Å². The van der Waals surface area contributed by atoms with Gasteiger partial charge in [-0.3, -0.25) is 0 Å². The van der Waals surface area contributed by atoms with Crippen LogP contribution in [-0.2, 0) is 34.1 Å². The molecule has 3 aromatic rings. The number of hydrogen-bond donors (Lipinski definition) is 2. The van der Waals surface area contributed by atoms with Crippen molar-refractivity contribution in [2.24, 2.45) is 0 Å². The van der Waals surface area contributed by atoms with Crippen LogP contribution in [0.4, 0.5) is 9.59 Å². The molecule has 0 saturated carbocycles. The van der Waals surface area contributed by atoms with Crippen molar-refractivity contribution in [3.05, 3.63) is 119 Å². The summed E-state index contributed by atoms with van der Waals surface area (Å²) in [5.41, 5.74) is 6.48. The number of amides is 2. The Hall–Kier alpha value is -3.62. The first-order chi connectivity index (χ1) is 19.6. The van der Waals surface area contributed by atoms with Gasteiger partial charge in [0, 0.05) is 36.1 Å². The van der Waals surface area contributed by atoms with Gasteiger partial charge in [-0.25, -0.2) is 9.59 Å². The van der Waals surface area contributed by atoms with Crippen molar-refractivity contribution in [3.63, 3.8) is 0 Å². The molecular weight excluding hydrogens is 540 g/mol. The maximum Gasteiger partial charge on any atom is 0.407 e. The van der Waals surface area contributed by atoms with Crippen LogP contribution in [0.1, 0.15) is 33.4 Å². The third-order valence-electron chi connectivity index (χ3n) is 5.76. The van der Waals surface area contributed by atoms with Gasteiger partial charge >= 0.3 is 12.2 Å². The summed E-state index contributed by atoms with van der Waals surface area (Å²) in [4.78, 5) is 24.1. The molecule has 0 aliphatic rings. The van der Waals surface area contributed by atoms with Crippen molar-refractivity contribution in [2.75, 3.05) is 24.7 Å². The van der Waals surface area contributed by atoms with Crippen LogP contribution in [0.2, 0.25) is 0 Å². The number of carbonyl (C=O) groups excluding carboxylic acids is 2.